The van der Waals surface area contributed by atoms with Gasteiger partial charge in [0, 0.05) is 50.8 Å². The highest BCUT2D eigenvalue weighted by Gasteiger charge is 2.24. The summed E-state index contributed by atoms with van der Waals surface area (Å²) in [4.78, 5) is 27.3. The van der Waals surface area contributed by atoms with Crippen LogP contribution in [0, 0.1) is 10.1 Å². The second kappa shape index (κ2) is 9.51. The monoisotopic (exact) mass is 453 g/mol. The van der Waals surface area contributed by atoms with E-state index in [2.05, 4.69) is 9.80 Å². The zero-order chi connectivity index (χ0) is 21.8. The molecule has 1 fully saturated rings. The SMILES string of the molecule is COc1cc(C(=O)CCN2CCN(c3cccc(Cl)c3Cl)CC2)cc([N+](=O)[O-])c1O. The van der Waals surface area contributed by atoms with Gasteiger partial charge >= 0.3 is 5.69 Å². The van der Waals surface area contributed by atoms with E-state index in [4.69, 9.17) is 27.9 Å². The number of Topliss-reactive ketones (excluding diaryl/α,β-unsaturated/α-hetero) is 1. The van der Waals surface area contributed by atoms with Gasteiger partial charge in [-0.1, -0.05) is 29.3 Å². The topological polar surface area (TPSA) is 96.2 Å². The van der Waals surface area contributed by atoms with Crippen molar-refractivity contribution in [1.82, 2.24) is 4.90 Å². The molecule has 0 aliphatic carbocycles. The third-order valence-electron chi connectivity index (χ3n) is 5.09. The van der Waals surface area contributed by atoms with E-state index in [1.165, 1.54) is 13.2 Å². The Morgan fingerprint density at radius 2 is 1.93 bits per heavy atom. The summed E-state index contributed by atoms with van der Waals surface area (Å²) < 4.78 is 4.95. The molecule has 0 unspecified atom stereocenters. The van der Waals surface area contributed by atoms with Gasteiger partial charge in [0.25, 0.3) is 0 Å². The largest absolute Gasteiger partial charge is 0.500 e. The Hall–Kier alpha value is -2.55. The number of halogens is 2. The predicted octanol–water partition coefficient (Wildman–Crippen LogP) is 4.01. The van der Waals surface area contributed by atoms with Crippen molar-refractivity contribution in [3.8, 4) is 11.5 Å². The number of benzene rings is 2. The number of carbonyl (C=O) groups is 1. The standard InChI is InChI=1S/C20H21Cl2N3O5/c1-30-18-12-13(11-16(20(18)27)25(28)29)17(26)5-6-23-7-9-24(10-8-23)15-4-2-3-14(21)19(15)22/h2-4,11-12,27H,5-10H2,1H3. The number of ether oxygens (including phenoxy) is 1. The van der Waals surface area contributed by atoms with E-state index in [0.717, 1.165) is 37.9 Å². The third-order valence-corrected chi connectivity index (χ3v) is 5.90. The highest BCUT2D eigenvalue weighted by Crippen LogP contribution is 2.37. The molecule has 0 amide bonds. The Morgan fingerprint density at radius 1 is 1.23 bits per heavy atom. The first-order chi connectivity index (χ1) is 14.3. The van der Waals surface area contributed by atoms with Gasteiger partial charge in [-0.2, -0.15) is 0 Å². The Balaban J connectivity index is 1.59. The van der Waals surface area contributed by atoms with Crippen molar-refractivity contribution in [2.75, 3.05) is 44.7 Å². The van der Waals surface area contributed by atoms with E-state index in [1.54, 1.807) is 6.07 Å². The van der Waals surface area contributed by atoms with Gasteiger partial charge in [-0.25, -0.2) is 0 Å². The van der Waals surface area contributed by atoms with Gasteiger partial charge in [-0.3, -0.25) is 19.8 Å². The molecule has 1 aliphatic rings. The average Bonchev–Trinajstić information content (AvgIpc) is 2.74. The second-order valence-corrected chi connectivity index (χ2v) is 7.66. The average molecular weight is 454 g/mol. The first-order valence-corrected chi connectivity index (χ1v) is 10.1. The third kappa shape index (κ3) is 4.77. The molecule has 3 rings (SSSR count). The van der Waals surface area contributed by atoms with Crippen LogP contribution < -0.4 is 9.64 Å². The zero-order valence-electron chi connectivity index (χ0n) is 16.3. The van der Waals surface area contributed by atoms with Crippen LogP contribution in [-0.2, 0) is 0 Å². The van der Waals surface area contributed by atoms with E-state index < -0.39 is 16.4 Å². The summed E-state index contributed by atoms with van der Waals surface area (Å²) in [6.45, 7) is 3.50. The number of nitro benzene ring substituents is 1. The van der Waals surface area contributed by atoms with Crippen molar-refractivity contribution in [3.63, 3.8) is 0 Å². The molecule has 1 aliphatic heterocycles. The van der Waals surface area contributed by atoms with Crippen LogP contribution in [-0.4, -0.2) is 60.5 Å². The van der Waals surface area contributed by atoms with E-state index in [0.29, 0.717) is 16.6 Å². The number of aromatic hydroxyl groups is 1. The normalized spacial score (nSPS) is 14.6. The lowest BCUT2D eigenvalue weighted by Crippen LogP contribution is -2.47. The van der Waals surface area contributed by atoms with Crippen molar-refractivity contribution in [3.05, 3.63) is 56.1 Å². The lowest BCUT2D eigenvalue weighted by molar-refractivity contribution is -0.386. The quantitative estimate of drug-likeness (QED) is 0.384. The maximum atomic E-state index is 12.6. The highest BCUT2D eigenvalue weighted by molar-refractivity contribution is 6.43. The van der Waals surface area contributed by atoms with Gasteiger partial charge in [-0.15, -0.1) is 0 Å². The number of phenols is 1. The Labute approximate surface area is 183 Å². The first-order valence-electron chi connectivity index (χ1n) is 9.31. The lowest BCUT2D eigenvalue weighted by Gasteiger charge is -2.36. The Kier molecular flexibility index (Phi) is 7.02. The van der Waals surface area contributed by atoms with Crippen molar-refractivity contribution < 1.29 is 19.6 Å². The van der Waals surface area contributed by atoms with Crippen molar-refractivity contribution in [2.24, 2.45) is 0 Å². The number of methoxy groups -OCH3 is 1. The maximum Gasteiger partial charge on any atom is 0.315 e. The number of carbonyl (C=O) groups excluding carboxylic acids is 1. The van der Waals surface area contributed by atoms with Crippen LogP contribution in [0.15, 0.2) is 30.3 Å². The summed E-state index contributed by atoms with van der Waals surface area (Å²) >= 11 is 12.4. The van der Waals surface area contributed by atoms with Gasteiger partial charge in [0.05, 0.1) is 27.8 Å². The number of anilines is 1. The van der Waals surface area contributed by atoms with E-state index in [-0.39, 0.29) is 23.5 Å². The molecule has 1 N–H and O–H groups in total. The zero-order valence-corrected chi connectivity index (χ0v) is 17.8. The number of ketones is 1. The van der Waals surface area contributed by atoms with Gasteiger partial charge in [0.15, 0.2) is 11.5 Å². The minimum Gasteiger partial charge on any atom is -0.500 e. The van der Waals surface area contributed by atoms with E-state index >= 15 is 0 Å². The fraction of sp³-hybridized carbons (Fsp3) is 0.350. The molecular weight excluding hydrogens is 433 g/mol. The molecular formula is C20H21Cl2N3O5. The summed E-state index contributed by atoms with van der Waals surface area (Å²) in [5.74, 6) is -0.939. The van der Waals surface area contributed by atoms with Crippen LogP contribution in [0.5, 0.6) is 11.5 Å². The molecule has 30 heavy (non-hydrogen) atoms. The van der Waals surface area contributed by atoms with Gasteiger partial charge in [0.2, 0.25) is 5.75 Å². The summed E-state index contributed by atoms with van der Waals surface area (Å²) in [5.41, 5.74) is 0.480. The molecule has 2 aromatic carbocycles. The fourth-order valence-corrected chi connectivity index (χ4v) is 3.82. The van der Waals surface area contributed by atoms with Crippen molar-refractivity contribution in [2.45, 2.75) is 6.42 Å². The van der Waals surface area contributed by atoms with Crippen LogP contribution in [0.3, 0.4) is 0 Å². The van der Waals surface area contributed by atoms with Crippen LogP contribution >= 0.6 is 23.2 Å². The summed E-state index contributed by atoms with van der Waals surface area (Å²) in [7, 11) is 1.28. The molecule has 8 nitrogen and oxygen atoms in total. The molecule has 1 heterocycles. The molecule has 0 saturated carbocycles. The molecule has 0 spiro atoms. The maximum absolute atomic E-state index is 12.6. The summed E-state index contributed by atoms with van der Waals surface area (Å²) in [5, 5.41) is 22.0. The summed E-state index contributed by atoms with van der Waals surface area (Å²) in [6.07, 6.45) is 0.197. The lowest BCUT2D eigenvalue weighted by atomic mass is 10.1. The number of rotatable bonds is 7. The number of phenolic OH excluding ortho intramolecular Hbond substituents is 1. The molecule has 0 atom stereocenters. The molecule has 2 aromatic rings. The molecule has 0 radical (unpaired) electrons. The highest BCUT2D eigenvalue weighted by atomic mass is 35.5. The molecule has 1 saturated heterocycles. The minimum absolute atomic E-state index is 0.0976. The predicted molar refractivity (Wildman–Crippen MR) is 115 cm³/mol. The van der Waals surface area contributed by atoms with Crippen molar-refractivity contribution in [1.29, 1.82) is 0 Å². The molecule has 10 heteroatoms. The van der Waals surface area contributed by atoms with Gasteiger partial charge in [-0.05, 0) is 18.2 Å². The fourth-order valence-electron chi connectivity index (χ4n) is 3.40. The number of hydrogen-bond donors (Lipinski definition) is 1. The number of nitro groups is 1. The minimum atomic E-state index is -0.741. The first kappa shape index (κ1) is 22.1. The van der Waals surface area contributed by atoms with E-state index in [1.807, 2.05) is 12.1 Å². The van der Waals surface area contributed by atoms with E-state index in [9.17, 15) is 20.0 Å². The number of hydrogen-bond acceptors (Lipinski definition) is 7. The Morgan fingerprint density at radius 3 is 2.57 bits per heavy atom. The van der Waals surface area contributed by atoms with Crippen LogP contribution in [0.4, 0.5) is 11.4 Å². The molecule has 0 aromatic heterocycles. The van der Waals surface area contributed by atoms with Crippen LogP contribution in [0.1, 0.15) is 16.8 Å². The smallest absolute Gasteiger partial charge is 0.315 e. The number of piperazine rings is 1. The summed E-state index contributed by atoms with van der Waals surface area (Å²) in [6, 6.07) is 7.94. The van der Waals surface area contributed by atoms with Crippen LogP contribution in [0.25, 0.3) is 0 Å². The number of nitrogens with zero attached hydrogens (tertiary/aromatic N) is 3. The van der Waals surface area contributed by atoms with Gasteiger partial charge < -0.3 is 14.7 Å². The second-order valence-electron chi connectivity index (χ2n) is 6.88. The van der Waals surface area contributed by atoms with Crippen LogP contribution in [0.2, 0.25) is 10.0 Å². The van der Waals surface area contributed by atoms with Gasteiger partial charge in [0.1, 0.15) is 0 Å². The molecule has 0 bridgehead atoms. The molecule has 160 valence electrons. The Bertz CT molecular complexity index is 962. The van der Waals surface area contributed by atoms with Crippen molar-refractivity contribution >= 4 is 40.4 Å².